The van der Waals surface area contributed by atoms with Crippen LogP contribution in [0.1, 0.15) is 13.8 Å². The summed E-state index contributed by atoms with van der Waals surface area (Å²) in [5.74, 6) is 0.750. The van der Waals surface area contributed by atoms with Crippen molar-refractivity contribution in [2.45, 2.75) is 20.0 Å². The highest BCUT2D eigenvalue weighted by Crippen LogP contribution is 2.64. The SMILES string of the molecule is COC(=O)[C@H]1OC[C@H]2[C@@H]1C2(C)C. The van der Waals surface area contributed by atoms with Gasteiger partial charge in [0.15, 0.2) is 6.10 Å². The van der Waals surface area contributed by atoms with E-state index >= 15 is 0 Å². The molecule has 1 heterocycles. The van der Waals surface area contributed by atoms with E-state index in [0.29, 0.717) is 11.8 Å². The Labute approximate surface area is 72.0 Å². The number of hydrogen-bond donors (Lipinski definition) is 0. The van der Waals surface area contributed by atoms with Crippen molar-refractivity contribution in [1.82, 2.24) is 0 Å². The second-order valence-electron chi connectivity index (χ2n) is 4.23. The zero-order chi connectivity index (χ0) is 8.93. The third kappa shape index (κ3) is 0.829. The van der Waals surface area contributed by atoms with Crippen LogP contribution in [-0.2, 0) is 14.3 Å². The molecule has 0 amide bonds. The van der Waals surface area contributed by atoms with E-state index in [1.165, 1.54) is 7.11 Å². The number of rotatable bonds is 1. The lowest BCUT2D eigenvalue weighted by Crippen LogP contribution is -2.27. The van der Waals surface area contributed by atoms with Gasteiger partial charge in [-0.1, -0.05) is 13.8 Å². The first kappa shape index (κ1) is 8.05. The maximum Gasteiger partial charge on any atom is 0.335 e. The third-order valence-corrected chi connectivity index (χ3v) is 3.35. The molecular formula is C9H14O3. The zero-order valence-electron chi connectivity index (χ0n) is 7.66. The normalized spacial score (nSPS) is 42.1. The molecule has 2 rings (SSSR count). The first-order chi connectivity index (χ1) is 5.59. The van der Waals surface area contributed by atoms with Crippen molar-refractivity contribution in [3.05, 3.63) is 0 Å². The lowest BCUT2D eigenvalue weighted by atomic mass is 10.1. The molecule has 3 atom stereocenters. The van der Waals surface area contributed by atoms with E-state index in [0.717, 1.165) is 6.61 Å². The lowest BCUT2D eigenvalue weighted by Gasteiger charge is -2.15. The summed E-state index contributed by atoms with van der Waals surface area (Å²) in [7, 11) is 1.41. The average molecular weight is 170 g/mol. The molecule has 0 spiro atoms. The molecule has 1 saturated carbocycles. The molecule has 0 N–H and O–H groups in total. The van der Waals surface area contributed by atoms with Gasteiger partial charge in [-0.05, 0) is 11.3 Å². The molecule has 1 aliphatic heterocycles. The predicted octanol–water partition coefficient (Wildman–Crippen LogP) is 0.830. The molecule has 0 aromatic heterocycles. The van der Waals surface area contributed by atoms with Crippen LogP contribution in [0.4, 0.5) is 0 Å². The Morgan fingerprint density at radius 3 is 2.67 bits per heavy atom. The third-order valence-electron chi connectivity index (χ3n) is 3.35. The van der Waals surface area contributed by atoms with Gasteiger partial charge in [-0.2, -0.15) is 0 Å². The monoisotopic (exact) mass is 170 g/mol. The van der Waals surface area contributed by atoms with Crippen molar-refractivity contribution in [2.75, 3.05) is 13.7 Å². The summed E-state index contributed by atoms with van der Waals surface area (Å²) in [6.45, 7) is 5.08. The highest BCUT2D eigenvalue weighted by Gasteiger charge is 2.67. The number of hydrogen-bond acceptors (Lipinski definition) is 3. The van der Waals surface area contributed by atoms with Crippen molar-refractivity contribution in [2.24, 2.45) is 17.3 Å². The fraction of sp³-hybridized carbons (Fsp3) is 0.889. The minimum absolute atomic E-state index is 0.215. The van der Waals surface area contributed by atoms with Crippen LogP contribution >= 0.6 is 0 Å². The minimum atomic E-state index is -0.296. The van der Waals surface area contributed by atoms with Crippen LogP contribution in [0.25, 0.3) is 0 Å². The number of ether oxygens (including phenoxy) is 2. The van der Waals surface area contributed by atoms with E-state index in [4.69, 9.17) is 4.74 Å². The molecule has 3 heteroatoms. The first-order valence-electron chi connectivity index (χ1n) is 4.28. The van der Waals surface area contributed by atoms with Crippen LogP contribution in [0.5, 0.6) is 0 Å². The molecule has 1 aliphatic carbocycles. The fourth-order valence-electron chi connectivity index (χ4n) is 2.35. The van der Waals surface area contributed by atoms with Crippen LogP contribution in [0.2, 0.25) is 0 Å². The topological polar surface area (TPSA) is 35.5 Å². The molecule has 1 saturated heterocycles. The molecule has 0 aromatic rings. The number of esters is 1. The Kier molecular flexibility index (Phi) is 1.49. The Bertz CT molecular complexity index is 222. The average Bonchev–Trinajstić information content (AvgIpc) is 2.52. The minimum Gasteiger partial charge on any atom is -0.467 e. The number of carbonyl (C=O) groups excluding carboxylic acids is 1. The fourth-order valence-corrected chi connectivity index (χ4v) is 2.35. The zero-order valence-corrected chi connectivity index (χ0v) is 7.66. The van der Waals surface area contributed by atoms with Gasteiger partial charge in [-0.3, -0.25) is 0 Å². The largest absolute Gasteiger partial charge is 0.467 e. The number of methoxy groups -OCH3 is 1. The number of carbonyl (C=O) groups is 1. The molecule has 3 nitrogen and oxygen atoms in total. The first-order valence-corrected chi connectivity index (χ1v) is 4.28. The standard InChI is InChI=1S/C9H14O3/c1-9(2)5-4-12-7(6(5)9)8(10)11-3/h5-7H,4H2,1-3H3/t5-,6-,7-/m0/s1. The van der Waals surface area contributed by atoms with Crippen LogP contribution < -0.4 is 0 Å². The van der Waals surface area contributed by atoms with Gasteiger partial charge in [0.25, 0.3) is 0 Å². The maximum atomic E-state index is 11.2. The smallest absolute Gasteiger partial charge is 0.335 e. The highest BCUT2D eigenvalue weighted by atomic mass is 16.6. The van der Waals surface area contributed by atoms with Crippen LogP contribution in [0.15, 0.2) is 0 Å². The molecular weight excluding hydrogens is 156 g/mol. The van der Waals surface area contributed by atoms with Gasteiger partial charge in [-0.25, -0.2) is 4.79 Å². The van der Waals surface area contributed by atoms with E-state index < -0.39 is 0 Å². The second-order valence-corrected chi connectivity index (χ2v) is 4.23. The van der Waals surface area contributed by atoms with Crippen molar-refractivity contribution in [3.8, 4) is 0 Å². The Morgan fingerprint density at radius 2 is 2.25 bits per heavy atom. The van der Waals surface area contributed by atoms with E-state index in [2.05, 4.69) is 18.6 Å². The molecule has 0 unspecified atom stereocenters. The van der Waals surface area contributed by atoms with Gasteiger partial charge in [0.1, 0.15) is 0 Å². The van der Waals surface area contributed by atoms with Crippen LogP contribution in [0.3, 0.4) is 0 Å². The van der Waals surface area contributed by atoms with Gasteiger partial charge in [-0.15, -0.1) is 0 Å². The van der Waals surface area contributed by atoms with E-state index in [9.17, 15) is 4.79 Å². The lowest BCUT2D eigenvalue weighted by molar-refractivity contribution is -0.154. The van der Waals surface area contributed by atoms with Crippen molar-refractivity contribution < 1.29 is 14.3 Å². The Morgan fingerprint density at radius 1 is 1.58 bits per heavy atom. The molecule has 0 bridgehead atoms. The van der Waals surface area contributed by atoms with Gasteiger partial charge < -0.3 is 9.47 Å². The van der Waals surface area contributed by atoms with Crippen molar-refractivity contribution in [1.29, 1.82) is 0 Å². The Hall–Kier alpha value is -0.570. The summed E-state index contributed by atoms with van der Waals surface area (Å²) in [6, 6.07) is 0. The van der Waals surface area contributed by atoms with Crippen molar-refractivity contribution in [3.63, 3.8) is 0 Å². The van der Waals surface area contributed by atoms with E-state index in [-0.39, 0.29) is 17.5 Å². The quantitative estimate of drug-likeness (QED) is 0.547. The maximum absolute atomic E-state index is 11.2. The Balaban J connectivity index is 2.08. The molecule has 12 heavy (non-hydrogen) atoms. The molecule has 68 valence electrons. The summed E-state index contributed by atoms with van der Waals surface area (Å²) < 4.78 is 9.99. The highest BCUT2D eigenvalue weighted by molar-refractivity contribution is 5.76. The molecule has 0 radical (unpaired) electrons. The van der Waals surface area contributed by atoms with Gasteiger partial charge in [0.2, 0.25) is 0 Å². The molecule has 2 aliphatic rings. The summed E-state index contributed by atoms with van der Waals surface area (Å²) in [4.78, 5) is 11.2. The van der Waals surface area contributed by atoms with Crippen LogP contribution in [0, 0.1) is 17.3 Å². The van der Waals surface area contributed by atoms with Gasteiger partial charge >= 0.3 is 5.97 Å². The van der Waals surface area contributed by atoms with Gasteiger partial charge in [0, 0.05) is 5.92 Å². The van der Waals surface area contributed by atoms with Crippen LogP contribution in [-0.4, -0.2) is 25.8 Å². The summed E-state index contributed by atoms with van der Waals surface area (Å²) in [5.41, 5.74) is 0.289. The van der Waals surface area contributed by atoms with E-state index in [1.54, 1.807) is 0 Å². The molecule has 2 fully saturated rings. The summed E-state index contributed by atoms with van der Waals surface area (Å²) >= 11 is 0. The van der Waals surface area contributed by atoms with Crippen molar-refractivity contribution >= 4 is 5.97 Å². The van der Waals surface area contributed by atoms with E-state index in [1.807, 2.05) is 0 Å². The second kappa shape index (κ2) is 2.22. The summed E-state index contributed by atoms with van der Waals surface area (Å²) in [5, 5.41) is 0. The predicted molar refractivity (Wildman–Crippen MR) is 42.5 cm³/mol. The summed E-state index contributed by atoms with van der Waals surface area (Å²) in [6.07, 6.45) is -0.296. The van der Waals surface area contributed by atoms with Gasteiger partial charge in [0.05, 0.1) is 13.7 Å². The molecule has 0 aromatic carbocycles. The number of fused-ring (bicyclic) bond motifs is 1.